The minimum atomic E-state index is -0.580. The van der Waals surface area contributed by atoms with Crippen LogP contribution >= 0.6 is 12.2 Å². The zero-order chi connectivity index (χ0) is 19.2. The fourth-order valence-corrected chi connectivity index (χ4v) is 4.49. The van der Waals surface area contributed by atoms with E-state index in [2.05, 4.69) is 11.1 Å². The molecule has 138 valence electrons. The lowest BCUT2D eigenvalue weighted by molar-refractivity contribution is -0.128. The summed E-state index contributed by atoms with van der Waals surface area (Å²) in [6.45, 7) is 1.82. The summed E-state index contributed by atoms with van der Waals surface area (Å²) >= 11 is 5.76. The number of allylic oxidation sites excluding steroid dienone is 4. The Kier molecular flexibility index (Phi) is 4.23. The van der Waals surface area contributed by atoms with Gasteiger partial charge in [0.2, 0.25) is 0 Å². The van der Waals surface area contributed by atoms with Gasteiger partial charge in [-0.1, -0.05) is 0 Å². The number of methoxy groups -OCH3 is 1. The summed E-state index contributed by atoms with van der Waals surface area (Å²) in [5.74, 6) is 0.939. The third-order valence-corrected chi connectivity index (χ3v) is 6.02. The topological polar surface area (TPSA) is 69.5 Å². The van der Waals surface area contributed by atoms with Gasteiger partial charge in [-0.05, 0) is 68.6 Å². The van der Waals surface area contributed by atoms with Crippen molar-refractivity contribution < 1.29 is 9.53 Å². The SMILES string of the molecule is COC1=CC=C(N2C(=S)N(c3cnc(C#N)c(C)c3)C(=O)C23CCC3)CC1. The number of nitrogens with zero attached hydrogens (tertiary/aromatic N) is 4. The number of ether oxygens (including phenoxy) is 1. The minimum Gasteiger partial charge on any atom is -0.501 e. The summed E-state index contributed by atoms with van der Waals surface area (Å²) in [4.78, 5) is 21.2. The summed E-state index contributed by atoms with van der Waals surface area (Å²) in [6, 6.07) is 3.87. The Morgan fingerprint density at radius 2 is 2.11 bits per heavy atom. The normalized spacial score (nSPS) is 20.9. The van der Waals surface area contributed by atoms with E-state index >= 15 is 0 Å². The number of aryl methyl sites for hydroxylation is 1. The van der Waals surface area contributed by atoms with Crippen LogP contribution in [0.25, 0.3) is 0 Å². The summed E-state index contributed by atoms with van der Waals surface area (Å²) in [7, 11) is 1.67. The van der Waals surface area contributed by atoms with E-state index in [0.29, 0.717) is 16.5 Å². The number of anilines is 1. The molecule has 0 N–H and O–H groups in total. The average Bonchev–Trinajstić information content (AvgIpc) is 2.88. The lowest BCUT2D eigenvalue weighted by Crippen LogP contribution is -2.54. The molecular weight excluding hydrogens is 360 g/mol. The van der Waals surface area contributed by atoms with Gasteiger partial charge in [-0.3, -0.25) is 9.69 Å². The van der Waals surface area contributed by atoms with Crippen molar-refractivity contribution in [1.29, 1.82) is 5.26 Å². The first-order chi connectivity index (χ1) is 13.0. The highest BCUT2D eigenvalue weighted by atomic mass is 32.1. The summed E-state index contributed by atoms with van der Waals surface area (Å²) in [5, 5.41) is 9.60. The molecule has 1 aromatic rings. The molecule has 7 heteroatoms. The molecule has 0 atom stereocenters. The van der Waals surface area contributed by atoms with Gasteiger partial charge in [0.1, 0.15) is 17.3 Å². The Labute approximate surface area is 163 Å². The molecule has 0 unspecified atom stereocenters. The van der Waals surface area contributed by atoms with Crippen molar-refractivity contribution in [2.75, 3.05) is 12.0 Å². The highest BCUT2D eigenvalue weighted by Gasteiger charge is 2.60. The maximum atomic E-state index is 13.4. The Bertz CT molecular complexity index is 940. The van der Waals surface area contributed by atoms with E-state index < -0.39 is 5.54 Å². The summed E-state index contributed by atoms with van der Waals surface area (Å²) in [6.07, 6.45) is 9.70. The maximum absolute atomic E-state index is 13.4. The molecule has 0 aromatic carbocycles. The number of hydrogen-bond donors (Lipinski definition) is 0. The van der Waals surface area contributed by atoms with Crippen LogP contribution in [0.2, 0.25) is 0 Å². The largest absolute Gasteiger partial charge is 0.501 e. The lowest BCUT2D eigenvalue weighted by Gasteiger charge is -2.44. The van der Waals surface area contributed by atoms with Crippen molar-refractivity contribution in [2.45, 2.75) is 44.6 Å². The van der Waals surface area contributed by atoms with E-state index in [0.717, 1.165) is 49.1 Å². The molecule has 3 aliphatic rings. The van der Waals surface area contributed by atoms with Crippen molar-refractivity contribution in [1.82, 2.24) is 9.88 Å². The first kappa shape index (κ1) is 17.7. The fourth-order valence-electron chi connectivity index (χ4n) is 4.01. The van der Waals surface area contributed by atoms with Crippen molar-refractivity contribution in [3.05, 3.63) is 47.1 Å². The van der Waals surface area contributed by atoms with Crippen LogP contribution in [-0.2, 0) is 9.53 Å². The highest BCUT2D eigenvalue weighted by Crippen LogP contribution is 2.48. The summed E-state index contributed by atoms with van der Waals surface area (Å²) < 4.78 is 5.32. The molecule has 2 fully saturated rings. The molecule has 2 heterocycles. The van der Waals surface area contributed by atoms with Gasteiger partial charge in [-0.2, -0.15) is 5.26 Å². The highest BCUT2D eigenvalue weighted by molar-refractivity contribution is 7.80. The molecule has 4 rings (SSSR count). The van der Waals surface area contributed by atoms with Crippen LogP contribution in [0.15, 0.2) is 35.9 Å². The third-order valence-electron chi connectivity index (χ3n) is 5.66. The molecule has 1 saturated heterocycles. The van der Waals surface area contributed by atoms with Gasteiger partial charge < -0.3 is 9.64 Å². The zero-order valence-electron chi connectivity index (χ0n) is 15.4. The number of aromatic nitrogens is 1. The number of nitriles is 1. The van der Waals surface area contributed by atoms with E-state index in [1.807, 2.05) is 30.0 Å². The van der Waals surface area contributed by atoms with E-state index in [1.165, 1.54) is 0 Å². The molecule has 2 aliphatic carbocycles. The fraction of sp³-hybridized carbons (Fsp3) is 0.400. The van der Waals surface area contributed by atoms with E-state index in [4.69, 9.17) is 22.2 Å². The Morgan fingerprint density at radius 1 is 1.33 bits per heavy atom. The van der Waals surface area contributed by atoms with Crippen molar-refractivity contribution in [2.24, 2.45) is 0 Å². The molecule has 0 radical (unpaired) electrons. The number of pyridine rings is 1. The van der Waals surface area contributed by atoms with Crippen LogP contribution in [-0.4, -0.2) is 33.6 Å². The molecule has 0 bridgehead atoms. The van der Waals surface area contributed by atoms with Gasteiger partial charge in [-0.25, -0.2) is 4.98 Å². The van der Waals surface area contributed by atoms with Crippen LogP contribution in [0.5, 0.6) is 0 Å². The molecule has 27 heavy (non-hydrogen) atoms. The van der Waals surface area contributed by atoms with Gasteiger partial charge in [0.15, 0.2) is 5.11 Å². The maximum Gasteiger partial charge on any atom is 0.259 e. The first-order valence-corrected chi connectivity index (χ1v) is 9.42. The quantitative estimate of drug-likeness (QED) is 0.749. The first-order valence-electron chi connectivity index (χ1n) is 9.01. The lowest BCUT2D eigenvalue weighted by atomic mass is 9.75. The molecule has 1 aromatic heterocycles. The van der Waals surface area contributed by atoms with Crippen LogP contribution in [0, 0.1) is 18.3 Å². The zero-order valence-corrected chi connectivity index (χ0v) is 16.2. The average molecular weight is 380 g/mol. The molecular formula is C20H20N4O2S. The number of thiocarbonyl (C=S) groups is 1. The predicted molar refractivity (Wildman–Crippen MR) is 105 cm³/mol. The third kappa shape index (κ3) is 2.55. The van der Waals surface area contributed by atoms with E-state index in [1.54, 1.807) is 18.2 Å². The van der Waals surface area contributed by atoms with Gasteiger partial charge in [0.05, 0.1) is 24.8 Å². The Hall–Kier alpha value is -2.72. The van der Waals surface area contributed by atoms with Crippen LogP contribution in [0.3, 0.4) is 0 Å². The number of amides is 1. The van der Waals surface area contributed by atoms with Crippen LogP contribution in [0.4, 0.5) is 5.69 Å². The van der Waals surface area contributed by atoms with Gasteiger partial charge in [-0.15, -0.1) is 0 Å². The molecule has 1 aliphatic heterocycles. The number of carbonyl (C=O) groups is 1. The van der Waals surface area contributed by atoms with Crippen molar-refractivity contribution in [3.8, 4) is 6.07 Å². The molecule has 1 saturated carbocycles. The number of carbonyl (C=O) groups excluding carboxylic acids is 1. The second-order valence-electron chi connectivity index (χ2n) is 7.11. The monoisotopic (exact) mass is 380 g/mol. The van der Waals surface area contributed by atoms with Crippen molar-refractivity contribution >= 4 is 28.9 Å². The Balaban J connectivity index is 1.74. The van der Waals surface area contributed by atoms with Crippen LogP contribution in [0.1, 0.15) is 43.4 Å². The van der Waals surface area contributed by atoms with Crippen LogP contribution < -0.4 is 4.90 Å². The number of hydrogen-bond acceptors (Lipinski definition) is 5. The minimum absolute atomic E-state index is 0.00655. The molecule has 6 nitrogen and oxygen atoms in total. The second-order valence-corrected chi connectivity index (χ2v) is 7.47. The molecule has 1 amide bonds. The van der Waals surface area contributed by atoms with Gasteiger partial charge >= 0.3 is 0 Å². The molecule has 1 spiro atoms. The Morgan fingerprint density at radius 3 is 2.63 bits per heavy atom. The smallest absolute Gasteiger partial charge is 0.259 e. The predicted octanol–water partition coefficient (Wildman–Crippen LogP) is 3.33. The van der Waals surface area contributed by atoms with E-state index in [-0.39, 0.29) is 5.91 Å². The van der Waals surface area contributed by atoms with Gasteiger partial charge in [0, 0.05) is 12.1 Å². The van der Waals surface area contributed by atoms with E-state index in [9.17, 15) is 4.79 Å². The van der Waals surface area contributed by atoms with Gasteiger partial charge in [0.25, 0.3) is 5.91 Å². The number of rotatable bonds is 3. The standard InChI is InChI=1S/C20H20N4O2S/c1-13-10-15(12-22-17(13)11-21)23-18(25)20(8-3-9-20)24(19(23)27)14-4-6-16(26-2)7-5-14/h4,6,10,12H,3,5,7-9H2,1-2H3. The second kappa shape index (κ2) is 6.46. The summed E-state index contributed by atoms with van der Waals surface area (Å²) in [5.41, 5.74) is 2.19. The van der Waals surface area contributed by atoms with Crippen molar-refractivity contribution in [3.63, 3.8) is 0 Å².